The molecule has 1 atom stereocenters. The monoisotopic (exact) mass is 264 g/mol. The van der Waals surface area contributed by atoms with E-state index < -0.39 is 0 Å². The van der Waals surface area contributed by atoms with Crippen LogP contribution in [0.15, 0.2) is 10.6 Å². The van der Waals surface area contributed by atoms with Gasteiger partial charge in [0.2, 0.25) is 11.8 Å². The van der Waals surface area contributed by atoms with Crippen molar-refractivity contribution >= 4 is 11.8 Å². The van der Waals surface area contributed by atoms with Crippen LogP contribution in [0.2, 0.25) is 0 Å². The molecule has 2 aliphatic heterocycles. The Morgan fingerprint density at radius 3 is 3.21 bits per heavy atom. The lowest BCUT2D eigenvalue weighted by Crippen LogP contribution is -2.34. The van der Waals surface area contributed by atoms with Crippen LogP contribution in [0.3, 0.4) is 0 Å². The number of likely N-dealkylation sites (tertiary alicyclic amines) is 1. The lowest BCUT2D eigenvalue weighted by molar-refractivity contribution is -0.117. The Hall–Kier alpha value is -1.40. The van der Waals surface area contributed by atoms with Gasteiger partial charge in [0.25, 0.3) is 0 Å². The standard InChI is InChI=1S/C13H20N4O2/c1-10-6-12(19-16-10)15-11(18)7-17-5-3-13(9-17)2-4-14-8-13/h6,14H,2-5,7-9H2,1H3,(H,15,18). The van der Waals surface area contributed by atoms with Crippen LogP contribution >= 0.6 is 0 Å². The third-order valence-corrected chi connectivity index (χ3v) is 4.11. The zero-order valence-electron chi connectivity index (χ0n) is 11.2. The van der Waals surface area contributed by atoms with Crippen LogP contribution in [0, 0.1) is 12.3 Å². The highest BCUT2D eigenvalue weighted by Crippen LogP contribution is 2.35. The molecule has 0 aromatic carbocycles. The SMILES string of the molecule is Cc1cc(NC(=O)CN2CCC3(CCNC3)C2)on1. The lowest BCUT2D eigenvalue weighted by atomic mass is 9.87. The molecule has 1 unspecified atom stereocenters. The molecule has 0 bridgehead atoms. The Morgan fingerprint density at radius 1 is 1.63 bits per heavy atom. The molecule has 1 aromatic heterocycles. The van der Waals surface area contributed by atoms with Gasteiger partial charge in [0, 0.05) is 19.2 Å². The summed E-state index contributed by atoms with van der Waals surface area (Å²) < 4.78 is 4.98. The van der Waals surface area contributed by atoms with Crippen LogP contribution in [0.5, 0.6) is 0 Å². The van der Waals surface area contributed by atoms with Crippen molar-refractivity contribution in [1.82, 2.24) is 15.4 Å². The van der Waals surface area contributed by atoms with Gasteiger partial charge in [-0.25, -0.2) is 0 Å². The minimum atomic E-state index is -0.0286. The maximum atomic E-state index is 11.9. The second kappa shape index (κ2) is 4.94. The molecule has 1 aromatic rings. The molecule has 6 heteroatoms. The molecule has 2 N–H and O–H groups in total. The van der Waals surface area contributed by atoms with Crippen molar-refractivity contribution in [3.05, 3.63) is 11.8 Å². The van der Waals surface area contributed by atoms with Crippen molar-refractivity contribution in [3.63, 3.8) is 0 Å². The highest BCUT2D eigenvalue weighted by atomic mass is 16.5. The number of rotatable bonds is 3. The largest absolute Gasteiger partial charge is 0.338 e. The number of carbonyl (C=O) groups excluding carboxylic acids is 1. The number of aromatic nitrogens is 1. The molecule has 2 saturated heterocycles. The Labute approximate surface area is 112 Å². The molecule has 1 spiro atoms. The number of anilines is 1. The molecule has 2 fully saturated rings. The third kappa shape index (κ3) is 2.79. The molecule has 6 nitrogen and oxygen atoms in total. The molecular weight excluding hydrogens is 244 g/mol. The van der Waals surface area contributed by atoms with E-state index in [9.17, 15) is 4.79 Å². The topological polar surface area (TPSA) is 70.4 Å². The maximum Gasteiger partial charge on any atom is 0.240 e. The fourth-order valence-electron chi connectivity index (χ4n) is 3.11. The molecule has 19 heavy (non-hydrogen) atoms. The third-order valence-electron chi connectivity index (χ3n) is 4.11. The number of aryl methyl sites for hydroxylation is 1. The van der Waals surface area contributed by atoms with Gasteiger partial charge in [-0.05, 0) is 38.3 Å². The first-order chi connectivity index (χ1) is 9.15. The van der Waals surface area contributed by atoms with E-state index in [4.69, 9.17) is 4.52 Å². The van der Waals surface area contributed by atoms with Gasteiger partial charge in [-0.1, -0.05) is 5.16 Å². The smallest absolute Gasteiger partial charge is 0.240 e. The van der Waals surface area contributed by atoms with Crippen molar-refractivity contribution in [2.75, 3.05) is 38.0 Å². The van der Waals surface area contributed by atoms with Gasteiger partial charge in [-0.2, -0.15) is 0 Å². The van der Waals surface area contributed by atoms with Crippen molar-refractivity contribution in [3.8, 4) is 0 Å². The van der Waals surface area contributed by atoms with Gasteiger partial charge in [0.05, 0.1) is 12.2 Å². The van der Waals surface area contributed by atoms with Gasteiger partial charge in [0.1, 0.15) is 0 Å². The first-order valence-electron chi connectivity index (χ1n) is 6.82. The molecule has 2 aliphatic rings. The van der Waals surface area contributed by atoms with Crippen molar-refractivity contribution in [1.29, 1.82) is 0 Å². The van der Waals surface area contributed by atoms with Crippen LogP contribution in [0.1, 0.15) is 18.5 Å². The quantitative estimate of drug-likeness (QED) is 0.837. The van der Waals surface area contributed by atoms with E-state index in [1.807, 2.05) is 6.92 Å². The first kappa shape index (κ1) is 12.6. The van der Waals surface area contributed by atoms with Crippen LogP contribution < -0.4 is 10.6 Å². The number of carbonyl (C=O) groups is 1. The van der Waals surface area contributed by atoms with Gasteiger partial charge < -0.3 is 9.84 Å². The van der Waals surface area contributed by atoms with E-state index in [0.29, 0.717) is 17.8 Å². The molecular formula is C13H20N4O2. The second-order valence-electron chi connectivity index (χ2n) is 5.77. The minimum absolute atomic E-state index is 0.0286. The summed E-state index contributed by atoms with van der Waals surface area (Å²) in [4.78, 5) is 14.2. The van der Waals surface area contributed by atoms with Gasteiger partial charge in [0.15, 0.2) is 0 Å². The minimum Gasteiger partial charge on any atom is -0.338 e. The fraction of sp³-hybridized carbons (Fsp3) is 0.692. The van der Waals surface area contributed by atoms with Crippen molar-refractivity contribution in [2.45, 2.75) is 19.8 Å². The van der Waals surface area contributed by atoms with Crippen LogP contribution in [-0.4, -0.2) is 48.7 Å². The molecule has 0 radical (unpaired) electrons. The van der Waals surface area contributed by atoms with Gasteiger partial charge >= 0.3 is 0 Å². The first-order valence-corrected chi connectivity index (χ1v) is 6.82. The summed E-state index contributed by atoms with van der Waals surface area (Å²) in [7, 11) is 0. The lowest BCUT2D eigenvalue weighted by Gasteiger charge is -2.22. The number of nitrogens with one attached hydrogen (secondary N) is 2. The summed E-state index contributed by atoms with van der Waals surface area (Å²) in [5, 5.41) is 9.91. The number of nitrogens with zero attached hydrogens (tertiary/aromatic N) is 2. The Bertz CT molecular complexity index is 465. The molecule has 3 rings (SSSR count). The Balaban J connectivity index is 1.50. The van der Waals surface area contributed by atoms with Crippen molar-refractivity contribution < 1.29 is 9.32 Å². The average molecular weight is 264 g/mol. The molecule has 104 valence electrons. The van der Waals surface area contributed by atoms with E-state index >= 15 is 0 Å². The fourth-order valence-corrected chi connectivity index (χ4v) is 3.11. The highest BCUT2D eigenvalue weighted by molar-refractivity contribution is 5.90. The molecule has 1 amide bonds. The number of amides is 1. The van der Waals surface area contributed by atoms with E-state index in [1.165, 1.54) is 12.8 Å². The summed E-state index contributed by atoms with van der Waals surface area (Å²) in [6.45, 7) is 6.48. The van der Waals surface area contributed by atoms with E-state index in [0.717, 1.165) is 31.9 Å². The van der Waals surface area contributed by atoms with E-state index in [1.54, 1.807) is 6.07 Å². The predicted octanol–water partition coefficient (Wildman–Crippen LogP) is 0.607. The zero-order chi connectivity index (χ0) is 13.3. The number of hydrogen-bond donors (Lipinski definition) is 2. The summed E-state index contributed by atoms with van der Waals surface area (Å²) in [6, 6.07) is 1.73. The molecule has 0 aliphatic carbocycles. The molecule has 0 saturated carbocycles. The number of hydrogen-bond acceptors (Lipinski definition) is 5. The summed E-state index contributed by atoms with van der Waals surface area (Å²) >= 11 is 0. The zero-order valence-corrected chi connectivity index (χ0v) is 11.2. The molecule has 3 heterocycles. The predicted molar refractivity (Wildman–Crippen MR) is 70.8 cm³/mol. The average Bonchev–Trinajstić information content (AvgIpc) is 3.05. The highest BCUT2D eigenvalue weighted by Gasteiger charge is 2.40. The summed E-state index contributed by atoms with van der Waals surface area (Å²) in [5.41, 5.74) is 1.18. The van der Waals surface area contributed by atoms with Crippen LogP contribution in [-0.2, 0) is 4.79 Å². The maximum absolute atomic E-state index is 11.9. The van der Waals surface area contributed by atoms with Crippen molar-refractivity contribution in [2.24, 2.45) is 5.41 Å². The Morgan fingerprint density at radius 2 is 2.53 bits per heavy atom. The van der Waals surface area contributed by atoms with E-state index in [-0.39, 0.29) is 5.91 Å². The normalized spacial score (nSPS) is 27.2. The Kier molecular flexibility index (Phi) is 3.28. The summed E-state index contributed by atoms with van der Waals surface area (Å²) in [6.07, 6.45) is 2.42. The van der Waals surface area contributed by atoms with Gasteiger partial charge in [-0.3, -0.25) is 15.0 Å². The van der Waals surface area contributed by atoms with E-state index in [2.05, 4.69) is 20.7 Å². The summed E-state index contributed by atoms with van der Waals surface area (Å²) in [5.74, 6) is 0.401. The second-order valence-corrected chi connectivity index (χ2v) is 5.77. The van der Waals surface area contributed by atoms with Gasteiger partial charge in [-0.15, -0.1) is 0 Å². The van der Waals surface area contributed by atoms with Crippen LogP contribution in [0.4, 0.5) is 5.88 Å². The van der Waals surface area contributed by atoms with Crippen LogP contribution in [0.25, 0.3) is 0 Å².